The third-order valence-corrected chi connectivity index (χ3v) is 6.23. The van der Waals surface area contributed by atoms with Gasteiger partial charge in [-0.3, -0.25) is 4.90 Å². The highest BCUT2D eigenvalue weighted by molar-refractivity contribution is 9.10. The maximum atomic E-state index is 11.4. The van der Waals surface area contributed by atoms with Crippen molar-refractivity contribution in [2.75, 3.05) is 31.6 Å². The van der Waals surface area contributed by atoms with Crippen molar-refractivity contribution < 1.29 is 13.2 Å². The van der Waals surface area contributed by atoms with Gasteiger partial charge in [0.05, 0.1) is 17.7 Å². The molecule has 0 bridgehead atoms. The maximum Gasteiger partial charge on any atom is 0.239 e. The number of hydrogen-bond acceptors (Lipinski definition) is 6. The maximum absolute atomic E-state index is 11.4. The molecule has 0 aromatic carbocycles. The molecule has 0 radical (unpaired) electrons. The molecule has 2 fully saturated rings. The standard InChI is InChI=1S/C15H23BrN4O3S/c16-14-9-13(24(17,21)22)10-18-15(14)19-11-1-3-12(4-2-11)20-5-7-23-8-6-20/h9-12H,1-8H2,(H,18,19)(H2,17,21,22). The van der Waals surface area contributed by atoms with Gasteiger partial charge in [0.1, 0.15) is 10.7 Å². The summed E-state index contributed by atoms with van der Waals surface area (Å²) >= 11 is 3.37. The number of primary sulfonamides is 1. The van der Waals surface area contributed by atoms with Gasteiger partial charge < -0.3 is 10.1 Å². The van der Waals surface area contributed by atoms with Crippen LogP contribution in [-0.4, -0.2) is 56.7 Å². The summed E-state index contributed by atoms with van der Waals surface area (Å²) in [5, 5.41) is 8.54. The van der Waals surface area contributed by atoms with Crippen molar-refractivity contribution in [3.63, 3.8) is 0 Å². The van der Waals surface area contributed by atoms with Crippen molar-refractivity contribution in [1.29, 1.82) is 0 Å². The van der Waals surface area contributed by atoms with Gasteiger partial charge in [0.25, 0.3) is 0 Å². The minimum absolute atomic E-state index is 0.0101. The molecular weight excluding hydrogens is 396 g/mol. The Morgan fingerprint density at radius 3 is 2.50 bits per heavy atom. The average molecular weight is 419 g/mol. The van der Waals surface area contributed by atoms with E-state index in [1.807, 2.05) is 0 Å². The first-order chi connectivity index (χ1) is 11.4. The predicted molar refractivity (Wildman–Crippen MR) is 95.4 cm³/mol. The van der Waals surface area contributed by atoms with Crippen molar-refractivity contribution in [3.05, 3.63) is 16.7 Å². The molecule has 7 nitrogen and oxygen atoms in total. The highest BCUT2D eigenvalue weighted by Crippen LogP contribution is 2.29. The third-order valence-electron chi connectivity index (χ3n) is 4.74. The zero-order valence-electron chi connectivity index (χ0n) is 13.4. The van der Waals surface area contributed by atoms with Crippen LogP contribution < -0.4 is 10.5 Å². The lowest BCUT2D eigenvalue weighted by Crippen LogP contribution is -2.46. The number of anilines is 1. The van der Waals surface area contributed by atoms with E-state index in [0.717, 1.165) is 52.0 Å². The number of aromatic nitrogens is 1. The van der Waals surface area contributed by atoms with Gasteiger partial charge in [-0.1, -0.05) is 0 Å². The quantitative estimate of drug-likeness (QED) is 0.769. The highest BCUT2D eigenvalue weighted by atomic mass is 79.9. The van der Waals surface area contributed by atoms with Gasteiger partial charge in [0.15, 0.2) is 0 Å². The van der Waals surface area contributed by atoms with Crippen LogP contribution in [0.4, 0.5) is 5.82 Å². The minimum atomic E-state index is -3.73. The Labute approximate surface area is 151 Å². The van der Waals surface area contributed by atoms with Crippen LogP contribution in [0, 0.1) is 0 Å². The molecule has 3 N–H and O–H groups in total. The molecule has 24 heavy (non-hydrogen) atoms. The summed E-state index contributed by atoms with van der Waals surface area (Å²) in [4.78, 5) is 6.75. The smallest absolute Gasteiger partial charge is 0.239 e. The summed E-state index contributed by atoms with van der Waals surface area (Å²) in [5.41, 5.74) is 0. The number of halogens is 1. The lowest BCUT2D eigenvalue weighted by atomic mass is 9.90. The van der Waals surface area contributed by atoms with E-state index < -0.39 is 10.0 Å². The lowest BCUT2D eigenvalue weighted by molar-refractivity contribution is 0.00790. The SMILES string of the molecule is NS(=O)(=O)c1cnc(NC2CCC(N3CCOCC3)CC2)c(Br)c1. The fraction of sp³-hybridized carbons (Fsp3) is 0.667. The van der Waals surface area contributed by atoms with Crippen molar-refractivity contribution in [3.8, 4) is 0 Å². The number of rotatable bonds is 4. The number of sulfonamides is 1. The normalized spacial score (nSPS) is 26.2. The number of nitrogens with one attached hydrogen (secondary N) is 1. The fourth-order valence-electron chi connectivity index (χ4n) is 3.40. The Morgan fingerprint density at radius 2 is 1.92 bits per heavy atom. The number of ether oxygens (including phenoxy) is 1. The molecule has 1 saturated heterocycles. The second-order valence-electron chi connectivity index (χ2n) is 6.34. The number of nitrogens with two attached hydrogens (primary N) is 1. The van der Waals surface area contributed by atoms with Crippen LogP contribution in [0.3, 0.4) is 0 Å². The fourth-order valence-corrected chi connectivity index (χ4v) is 4.50. The topological polar surface area (TPSA) is 97.6 Å². The van der Waals surface area contributed by atoms with Gasteiger partial charge in [-0.15, -0.1) is 0 Å². The number of pyridine rings is 1. The predicted octanol–water partition coefficient (Wildman–Crippen LogP) is 1.55. The van der Waals surface area contributed by atoms with Crippen molar-refractivity contribution in [1.82, 2.24) is 9.88 Å². The Morgan fingerprint density at radius 1 is 1.25 bits per heavy atom. The molecule has 0 spiro atoms. The molecule has 1 aromatic rings. The molecular formula is C15H23BrN4O3S. The Bertz CT molecular complexity index is 671. The van der Waals surface area contributed by atoms with Gasteiger partial charge in [-0.25, -0.2) is 18.5 Å². The van der Waals surface area contributed by atoms with Crippen LogP contribution in [0.5, 0.6) is 0 Å². The summed E-state index contributed by atoms with van der Waals surface area (Å²) in [7, 11) is -3.73. The summed E-state index contributed by atoms with van der Waals surface area (Å²) in [6.07, 6.45) is 5.76. The van der Waals surface area contributed by atoms with Crippen LogP contribution in [0.1, 0.15) is 25.7 Å². The second kappa shape index (κ2) is 7.65. The molecule has 1 aliphatic carbocycles. The van der Waals surface area contributed by atoms with E-state index in [9.17, 15) is 8.42 Å². The van der Waals surface area contributed by atoms with Crippen LogP contribution in [0.25, 0.3) is 0 Å². The summed E-state index contributed by atoms with van der Waals surface area (Å²) in [5.74, 6) is 0.664. The molecule has 9 heteroatoms. The lowest BCUT2D eigenvalue weighted by Gasteiger charge is -2.39. The van der Waals surface area contributed by atoms with Crippen molar-refractivity contribution >= 4 is 31.8 Å². The highest BCUT2D eigenvalue weighted by Gasteiger charge is 2.27. The molecule has 0 unspecified atom stereocenters. The van der Waals surface area contributed by atoms with E-state index in [4.69, 9.17) is 9.88 Å². The van der Waals surface area contributed by atoms with Gasteiger partial charge >= 0.3 is 0 Å². The van der Waals surface area contributed by atoms with Gasteiger partial charge in [0.2, 0.25) is 10.0 Å². The Balaban J connectivity index is 1.56. The van der Waals surface area contributed by atoms with E-state index in [-0.39, 0.29) is 4.90 Å². The minimum Gasteiger partial charge on any atom is -0.379 e. The van der Waals surface area contributed by atoms with Crippen molar-refractivity contribution in [2.45, 2.75) is 42.7 Å². The monoisotopic (exact) mass is 418 g/mol. The van der Waals surface area contributed by atoms with E-state index in [1.54, 1.807) is 0 Å². The molecule has 1 aliphatic heterocycles. The molecule has 0 atom stereocenters. The number of nitrogens with zero attached hydrogens (tertiary/aromatic N) is 2. The molecule has 134 valence electrons. The third kappa shape index (κ3) is 4.45. The molecule has 2 heterocycles. The zero-order valence-corrected chi connectivity index (χ0v) is 15.9. The Hall–Kier alpha value is -0.740. The largest absolute Gasteiger partial charge is 0.379 e. The molecule has 0 amide bonds. The number of hydrogen-bond donors (Lipinski definition) is 2. The molecule has 3 rings (SSSR count). The summed E-state index contributed by atoms with van der Waals surface area (Å²) in [6.45, 7) is 3.74. The van der Waals surface area contributed by atoms with Crippen LogP contribution in [0.2, 0.25) is 0 Å². The molecule has 2 aliphatic rings. The second-order valence-corrected chi connectivity index (χ2v) is 8.76. The van der Waals surface area contributed by atoms with E-state index in [0.29, 0.717) is 22.4 Å². The van der Waals surface area contributed by atoms with E-state index in [1.165, 1.54) is 12.3 Å². The average Bonchev–Trinajstić information content (AvgIpc) is 2.57. The van der Waals surface area contributed by atoms with Crippen LogP contribution >= 0.6 is 15.9 Å². The van der Waals surface area contributed by atoms with Gasteiger partial charge in [-0.2, -0.15) is 0 Å². The summed E-state index contributed by atoms with van der Waals surface area (Å²) in [6, 6.07) is 2.49. The van der Waals surface area contributed by atoms with Crippen LogP contribution in [-0.2, 0) is 14.8 Å². The number of morpholine rings is 1. The zero-order chi connectivity index (χ0) is 17.2. The summed E-state index contributed by atoms with van der Waals surface area (Å²) < 4.78 is 28.7. The first kappa shape index (κ1) is 18.1. The molecule has 1 aromatic heterocycles. The van der Waals surface area contributed by atoms with Gasteiger partial charge in [0, 0.05) is 31.4 Å². The van der Waals surface area contributed by atoms with Crippen LogP contribution in [0.15, 0.2) is 21.6 Å². The first-order valence-electron chi connectivity index (χ1n) is 8.20. The first-order valence-corrected chi connectivity index (χ1v) is 10.5. The molecule has 1 saturated carbocycles. The van der Waals surface area contributed by atoms with E-state index in [2.05, 4.69) is 31.1 Å². The Kier molecular flexibility index (Phi) is 5.76. The van der Waals surface area contributed by atoms with Gasteiger partial charge in [-0.05, 0) is 47.7 Å². The van der Waals surface area contributed by atoms with Crippen molar-refractivity contribution in [2.24, 2.45) is 5.14 Å². The van der Waals surface area contributed by atoms with E-state index >= 15 is 0 Å².